The average Bonchev–Trinajstić information content (AvgIpc) is 1.76. The van der Waals surface area contributed by atoms with Crippen molar-refractivity contribution in [2.24, 2.45) is 0 Å². The highest BCUT2D eigenvalue weighted by Gasteiger charge is 2.36. The Kier molecular flexibility index (Phi) is 5.18. The molecule has 0 aromatic heterocycles. The smallest absolute Gasteiger partial charge is 0.0687 e. The van der Waals surface area contributed by atoms with Crippen molar-refractivity contribution >= 4 is 34.9 Å². The first-order chi connectivity index (χ1) is 6.31. The summed E-state index contributed by atoms with van der Waals surface area (Å²) >= 11 is 0. The molecule has 0 N–H and O–H groups in total. The monoisotopic (exact) mass is 280 g/mol. The molecule has 0 aliphatic rings. The highest BCUT2D eigenvalue weighted by atomic mass is 32.1. The zero-order valence-electron chi connectivity index (χ0n) is 12.4. The van der Waals surface area contributed by atoms with Crippen molar-refractivity contribution in [3.8, 4) is 0 Å². The summed E-state index contributed by atoms with van der Waals surface area (Å²) in [5.41, 5.74) is 0. The van der Waals surface area contributed by atoms with Crippen molar-refractivity contribution in [1.82, 2.24) is 0 Å². The van der Waals surface area contributed by atoms with E-state index in [1.807, 2.05) is 0 Å². The number of hydrogen-bond acceptors (Lipinski definition) is 0. The maximum absolute atomic E-state index is 2.60. The topological polar surface area (TPSA) is 0 Å². The van der Waals surface area contributed by atoms with Crippen LogP contribution in [0.4, 0.5) is 0 Å². The molecule has 0 amide bonds. The van der Waals surface area contributed by atoms with Crippen LogP contribution in [0.1, 0.15) is 0 Å². The fourth-order valence-electron chi connectivity index (χ4n) is 2.97. The second-order valence-electron chi connectivity index (χ2n) is 7.09. The van der Waals surface area contributed by atoms with Gasteiger partial charge in [-0.3, -0.25) is 0 Å². The molecule has 0 saturated carbocycles. The van der Waals surface area contributed by atoms with E-state index in [0.29, 0.717) is 0 Å². The van der Waals surface area contributed by atoms with Gasteiger partial charge < -0.3 is 0 Å². The lowest BCUT2D eigenvalue weighted by molar-refractivity contribution is 1.79. The second-order valence-corrected chi connectivity index (χ2v) is 28.8. The van der Waals surface area contributed by atoms with Gasteiger partial charge in [-0.15, -0.1) is 0 Å². The van der Waals surface area contributed by atoms with Gasteiger partial charge in [-0.2, -0.15) is 0 Å². The Morgan fingerprint density at radius 1 is 0.800 bits per heavy atom. The Labute approximate surface area is 101 Å². The van der Waals surface area contributed by atoms with Gasteiger partial charge in [0.2, 0.25) is 0 Å². The third-order valence-corrected chi connectivity index (χ3v) is 28.5. The van der Waals surface area contributed by atoms with Crippen molar-refractivity contribution in [1.29, 1.82) is 0 Å². The SMILES string of the molecule is CP(C)P(C)(C)=C([Si](C)(C)C)[Si](C)(C)C. The molecule has 0 saturated heterocycles. The molecular formula is C11H30P2Si2. The molecule has 0 unspecified atom stereocenters. The van der Waals surface area contributed by atoms with E-state index in [9.17, 15) is 0 Å². The summed E-state index contributed by atoms with van der Waals surface area (Å²) in [6.45, 7) is 24.8. The zero-order valence-corrected chi connectivity index (χ0v) is 16.2. The quantitative estimate of drug-likeness (QED) is 0.512. The average molecular weight is 280 g/mol. The molecule has 0 aliphatic carbocycles. The molecule has 92 valence electrons. The standard InChI is InChI=1S/C11H30P2Si2/c1-12(2)13(3,4)11(14(5,6)7)15(8,9)10/h1-10H3. The molecule has 0 atom stereocenters. The predicted octanol–water partition coefficient (Wildman–Crippen LogP) is 4.85. The summed E-state index contributed by atoms with van der Waals surface area (Å²) in [5, 5.41) is 0. The Morgan fingerprint density at radius 2 is 1.07 bits per heavy atom. The van der Waals surface area contributed by atoms with Gasteiger partial charge in [0.1, 0.15) is 0 Å². The third kappa shape index (κ3) is 4.15. The normalized spacial score (nSPS) is 14.6. The first kappa shape index (κ1) is 16.2. The van der Waals surface area contributed by atoms with E-state index in [2.05, 4.69) is 70.5 Å². The predicted molar refractivity (Wildman–Crippen MR) is 89.2 cm³/mol. The highest BCUT2D eigenvalue weighted by Crippen LogP contribution is 2.70. The van der Waals surface area contributed by atoms with Crippen molar-refractivity contribution in [3.63, 3.8) is 0 Å². The molecule has 0 spiro atoms. The lowest BCUT2D eigenvalue weighted by Crippen LogP contribution is -2.50. The molecular weight excluding hydrogens is 250 g/mol. The molecule has 4 heteroatoms. The van der Waals surface area contributed by atoms with Gasteiger partial charge in [-0.1, -0.05) is 58.0 Å². The van der Waals surface area contributed by atoms with E-state index in [0.717, 1.165) is 0 Å². The van der Waals surface area contributed by atoms with Crippen LogP contribution in [0.2, 0.25) is 39.3 Å². The molecule has 0 bridgehead atoms. The molecule has 0 aromatic carbocycles. The van der Waals surface area contributed by atoms with Crippen molar-refractivity contribution in [2.75, 3.05) is 26.7 Å². The summed E-state index contributed by atoms with van der Waals surface area (Å²) in [6, 6.07) is 0. The third-order valence-electron chi connectivity index (χ3n) is 2.97. The van der Waals surface area contributed by atoms with Gasteiger partial charge in [0, 0.05) is 0 Å². The minimum atomic E-state index is -1.08. The fraction of sp³-hybridized carbons (Fsp3) is 0.909. The summed E-state index contributed by atoms with van der Waals surface area (Å²) < 4.78 is 2.10. The first-order valence-electron chi connectivity index (χ1n) is 5.71. The highest BCUT2D eigenvalue weighted by molar-refractivity contribution is 8.39. The molecule has 0 rings (SSSR count). The summed E-state index contributed by atoms with van der Waals surface area (Å²) in [5.74, 6) is 0. The van der Waals surface area contributed by atoms with Crippen molar-refractivity contribution < 1.29 is 0 Å². The van der Waals surface area contributed by atoms with Crippen LogP contribution >= 0.6 is 14.2 Å². The molecule has 0 heterocycles. The Balaban J connectivity index is 5.92. The van der Waals surface area contributed by atoms with Gasteiger partial charge in [0.15, 0.2) is 0 Å². The molecule has 0 fully saturated rings. The van der Waals surface area contributed by atoms with Gasteiger partial charge >= 0.3 is 0 Å². The molecule has 0 radical (unpaired) electrons. The van der Waals surface area contributed by atoms with Gasteiger partial charge in [0.25, 0.3) is 0 Å². The van der Waals surface area contributed by atoms with E-state index in [1.165, 1.54) is 0 Å². The van der Waals surface area contributed by atoms with Crippen molar-refractivity contribution in [2.45, 2.75) is 39.3 Å². The zero-order chi connectivity index (χ0) is 12.7. The van der Waals surface area contributed by atoms with E-state index in [-0.39, 0.29) is 7.61 Å². The largest absolute Gasteiger partial charge is 0.0972 e. The van der Waals surface area contributed by atoms with E-state index < -0.39 is 22.7 Å². The Hall–Kier alpha value is 1.16. The van der Waals surface area contributed by atoms with Crippen LogP contribution in [0.15, 0.2) is 0 Å². The molecule has 0 aromatic rings. The van der Waals surface area contributed by atoms with Crippen LogP contribution < -0.4 is 0 Å². The van der Waals surface area contributed by atoms with Crippen LogP contribution in [0, 0.1) is 0 Å². The van der Waals surface area contributed by atoms with Crippen molar-refractivity contribution in [3.05, 3.63) is 0 Å². The molecule has 15 heavy (non-hydrogen) atoms. The minimum absolute atomic E-state index is 0.232. The molecule has 0 nitrogen and oxygen atoms in total. The second kappa shape index (κ2) is 4.80. The summed E-state index contributed by atoms with van der Waals surface area (Å²) in [6.07, 6.45) is 0. The van der Waals surface area contributed by atoms with Gasteiger partial charge in [-0.25, -0.2) is 0 Å². The fourth-order valence-corrected chi connectivity index (χ4v) is 35.7. The first-order valence-corrected chi connectivity index (χ1v) is 18.3. The summed E-state index contributed by atoms with van der Waals surface area (Å²) in [7, 11) is -1.92. The van der Waals surface area contributed by atoms with Crippen LogP contribution in [-0.2, 0) is 0 Å². The van der Waals surface area contributed by atoms with Crippen LogP contribution in [0.3, 0.4) is 0 Å². The number of hydrogen-bond donors (Lipinski definition) is 0. The van der Waals surface area contributed by atoms with Gasteiger partial charge in [0.05, 0.1) is 16.1 Å². The summed E-state index contributed by atoms with van der Waals surface area (Å²) in [4.78, 5) is 0. The number of rotatable bonds is 3. The van der Waals surface area contributed by atoms with Crippen LogP contribution in [0.25, 0.3) is 0 Å². The van der Waals surface area contributed by atoms with Gasteiger partial charge in [-0.05, 0) is 26.7 Å². The Bertz CT molecular complexity index is 258. The van der Waals surface area contributed by atoms with E-state index >= 15 is 0 Å². The Morgan fingerprint density at radius 3 is 1.13 bits per heavy atom. The van der Waals surface area contributed by atoms with E-state index in [1.54, 1.807) is 0 Å². The maximum Gasteiger partial charge on any atom is 0.0687 e. The van der Waals surface area contributed by atoms with Crippen LogP contribution in [0.5, 0.6) is 0 Å². The minimum Gasteiger partial charge on any atom is -0.0972 e. The molecule has 0 aliphatic heterocycles. The van der Waals surface area contributed by atoms with E-state index in [4.69, 9.17) is 0 Å². The lowest BCUT2D eigenvalue weighted by atomic mass is 11.7. The maximum atomic E-state index is 2.60. The lowest BCUT2D eigenvalue weighted by Gasteiger charge is -2.40. The van der Waals surface area contributed by atoms with Crippen LogP contribution in [-0.4, -0.2) is 47.3 Å².